The standard InChI is InChI=1S/C54H87NO5/c1-4-7-10-13-16-19-22-24-25-26-27-29-32-35-38-41-44-47-54(59)60-50(45-42-39-36-33-30-21-18-15-12-9-6-3)48-53(58)55-51(49-56)52(57)46-43-40-37-34-31-28-23-20-17-14-11-8-5-2/h7,9-10,12-13,15-16,18-19,21-22,24-27,29-30,32-33,36,50-52,56-57H,4-6,8,11,14,17,20,23,28,31,34-35,37-49H2,1-3H3,(H,55,58)/b10-7-,12-9+,16-13+,18-15+,22-19+,25-24-,27-26+,30-21-,32-29+,36-33-. The first-order valence-corrected chi connectivity index (χ1v) is 23.9. The van der Waals surface area contributed by atoms with E-state index in [0.717, 1.165) is 70.6 Å². The van der Waals surface area contributed by atoms with Crippen LogP contribution in [0.2, 0.25) is 0 Å². The summed E-state index contributed by atoms with van der Waals surface area (Å²) >= 11 is 0. The van der Waals surface area contributed by atoms with Gasteiger partial charge < -0.3 is 20.3 Å². The predicted molar refractivity (Wildman–Crippen MR) is 259 cm³/mol. The van der Waals surface area contributed by atoms with Crippen molar-refractivity contribution in [3.05, 3.63) is 122 Å². The van der Waals surface area contributed by atoms with Gasteiger partial charge in [0.1, 0.15) is 6.10 Å². The van der Waals surface area contributed by atoms with Crippen LogP contribution in [-0.2, 0) is 14.3 Å². The van der Waals surface area contributed by atoms with Crippen molar-refractivity contribution in [1.82, 2.24) is 5.32 Å². The minimum Gasteiger partial charge on any atom is -0.462 e. The molecule has 0 aliphatic carbocycles. The van der Waals surface area contributed by atoms with Crippen LogP contribution in [0.25, 0.3) is 0 Å². The van der Waals surface area contributed by atoms with Crippen molar-refractivity contribution in [3.8, 4) is 0 Å². The van der Waals surface area contributed by atoms with E-state index >= 15 is 0 Å². The van der Waals surface area contributed by atoms with Crippen molar-refractivity contribution in [2.45, 2.75) is 200 Å². The molecule has 338 valence electrons. The number of amides is 1. The molecule has 60 heavy (non-hydrogen) atoms. The van der Waals surface area contributed by atoms with Crippen molar-refractivity contribution in [2.75, 3.05) is 6.61 Å². The summed E-state index contributed by atoms with van der Waals surface area (Å²) < 4.78 is 5.85. The molecule has 3 N–H and O–H groups in total. The van der Waals surface area contributed by atoms with Gasteiger partial charge in [-0.3, -0.25) is 9.59 Å². The van der Waals surface area contributed by atoms with E-state index in [-0.39, 0.29) is 24.9 Å². The smallest absolute Gasteiger partial charge is 0.306 e. The molecule has 0 aliphatic heterocycles. The number of aliphatic hydroxyl groups excluding tert-OH is 2. The molecule has 0 rings (SSSR count). The van der Waals surface area contributed by atoms with Crippen LogP contribution in [0.15, 0.2) is 122 Å². The highest BCUT2D eigenvalue weighted by Gasteiger charge is 2.24. The number of nitrogens with one attached hydrogen (secondary N) is 1. The largest absolute Gasteiger partial charge is 0.462 e. The number of allylic oxidation sites excluding steroid dienone is 20. The van der Waals surface area contributed by atoms with E-state index in [1.165, 1.54) is 64.2 Å². The fourth-order valence-corrected chi connectivity index (χ4v) is 6.48. The van der Waals surface area contributed by atoms with Gasteiger partial charge >= 0.3 is 5.97 Å². The number of carbonyl (C=O) groups is 2. The summed E-state index contributed by atoms with van der Waals surface area (Å²) in [5.41, 5.74) is 0. The van der Waals surface area contributed by atoms with Gasteiger partial charge in [-0.15, -0.1) is 0 Å². The van der Waals surface area contributed by atoms with Gasteiger partial charge in [0.05, 0.1) is 25.2 Å². The van der Waals surface area contributed by atoms with Crippen LogP contribution in [0.4, 0.5) is 0 Å². The molecule has 0 aromatic heterocycles. The quantitative estimate of drug-likeness (QED) is 0.0325. The van der Waals surface area contributed by atoms with Crippen LogP contribution < -0.4 is 5.32 Å². The molecule has 3 unspecified atom stereocenters. The molecule has 6 nitrogen and oxygen atoms in total. The summed E-state index contributed by atoms with van der Waals surface area (Å²) in [7, 11) is 0. The Bertz CT molecular complexity index is 1300. The Hall–Kier alpha value is -3.74. The third kappa shape index (κ3) is 41.0. The van der Waals surface area contributed by atoms with Crippen molar-refractivity contribution in [2.24, 2.45) is 0 Å². The van der Waals surface area contributed by atoms with Crippen LogP contribution in [0.1, 0.15) is 181 Å². The molecule has 0 aromatic carbocycles. The van der Waals surface area contributed by atoms with Crippen LogP contribution in [-0.4, -0.2) is 46.9 Å². The first-order chi connectivity index (χ1) is 29.5. The van der Waals surface area contributed by atoms with Gasteiger partial charge in [-0.05, 0) is 57.8 Å². The van der Waals surface area contributed by atoms with E-state index in [2.05, 4.69) is 50.4 Å². The molecule has 3 atom stereocenters. The maximum Gasteiger partial charge on any atom is 0.306 e. The molecule has 0 heterocycles. The monoisotopic (exact) mass is 830 g/mol. The van der Waals surface area contributed by atoms with E-state index in [0.29, 0.717) is 19.3 Å². The number of ether oxygens (including phenoxy) is 1. The summed E-state index contributed by atoms with van der Waals surface area (Å²) in [6, 6.07) is -0.740. The van der Waals surface area contributed by atoms with Crippen LogP contribution in [0, 0.1) is 0 Å². The van der Waals surface area contributed by atoms with E-state index in [9.17, 15) is 19.8 Å². The van der Waals surface area contributed by atoms with Gasteiger partial charge in [0.15, 0.2) is 0 Å². The minimum absolute atomic E-state index is 0.00483. The van der Waals surface area contributed by atoms with E-state index < -0.39 is 18.2 Å². The molecule has 0 spiro atoms. The Labute approximate surface area is 368 Å². The molecule has 0 radical (unpaired) electrons. The summed E-state index contributed by atoms with van der Waals surface area (Å²) in [6.07, 6.45) is 64.0. The summed E-state index contributed by atoms with van der Waals surface area (Å²) in [5.74, 6) is -0.609. The molecule has 0 aliphatic rings. The maximum atomic E-state index is 13.1. The highest BCUT2D eigenvalue weighted by Crippen LogP contribution is 2.16. The average molecular weight is 830 g/mol. The number of unbranched alkanes of at least 4 members (excludes halogenated alkanes) is 16. The predicted octanol–water partition coefficient (Wildman–Crippen LogP) is 14.1. The van der Waals surface area contributed by atoms with E-state index in [4.69, 9.17) is 4.74 Å². The molecular formula is C54H87NO5. The normalized spacial score (nSPS) is 14.4. The Balaban J connectivity index is 4.75. The van der Waals surface area contributed by atoms with Crippen LogP contribution in [0.5, 0.6) is 0 Å². The maximum absolute atomic E-state index is 13.1. The fourth-order valence-electron chi connectivity index (χ4n) is 6.48. The van der Waals surface area contributed by atoms with Gasteiger partial charge in [-0.1, -0.05) is 232 Å². The van der Waals surface area contributed by atoms with Crippen LogP contribution >= 0.6 is 0 Å². The highest BCUT2D eigenvalue weighted by molar-refractivity contribution is 5.77. The average Bonchev–Trinajstić information content (AvgIpc) is 3.24. The van der Waals surface area contributed by atoms with E-state index in [1.807, 2.05) is 97.2 Å². The summed E-state index contributed by atoms with van der Waals surface area (Å²) in [4.78, 5) is 26.0. The first-order valence-electron chi connectivity index (χ1n) is 23.9. The molecule has 0 saturated heterocycles. The zero-order valence-corrected chi connectivity index (χ0v) is 38.3. The SMILES string of the molecule is CC\C=C/C=C/C=C/C=C\C=C\C=C\CCCCCC(=O)OC(CCC\C=C/C=C\C=C\C=C\CC)CC(=O)NC(CO)C(O)CCCCCCCCCCCCCCC. The van der Waals surface area contributed by atoms with Gasteiger partial charge in [0.2, 0.25) is 5.91 Å². The van der Waals surface area contributed by atoms with Crippen molar-refractivity contribution < 1.29 is 24.5 Å². The molecule has 0 saturated carbocycles. The second kappa shape index (κ2) is 46.3. The van der Waals surface area contributed by atoms with Crippen molar-refractivity contribution in [1.29, 1.82) is 0 Å². The van der Waals surface area contributed by atoms with Crippen molar-refractivity contribution >= 4 is 11.9 Å². The Kier molecular flexibility index (Phi) is 43.4. The topological polar surface area (TPSA) is 95.9 Å². The molecule has 0 bridgehead atoms. The second-order valence-corrected chi connectivity index (χ2v) is 15.6. The number of hydrogen-bond acceptors (Lipinski definition) is 5. The Morgan fingerprint density at radius 3 is 1.38 bits per heavy atom. The zero-order valence-electron chi connectivity index (χ0n) is 38.3. The first kappa shape index (κ1) is 56.3. The molecule has 1 amide bonds. The lowest BCUT2D eigenvalue weighted by molar-refractivity contribution is -0.151. The lowest BCUT2D eigenvalue weighted by Gasteiger charge is -2.24. The van der Waals surface area contributed by atoms with Crippen LogP contribution in [0.3, 0.4) is 0 Å². The minimum atomic E-state index is -0.820. The van der Waals surface area contributed by atoms with Gasteiger partial charge in [0, 0.05) is 6.42 Å². The van der Waals surface area contributed by atoms with Gasteiger partial charge in [0.25, 0.3) is 0 Å². The summed E-state index contributed by atoms with van der Waals surface area (Å²) in [5, 5.41) is 23.7. The number of rotatable bonds is 40. The number of carbonyl (C=O) groups excluding carboxylic acids is 2. The second-order valence-electron chi connectivity index (χ2n) is 15.6. The lowest BCUT2D eigenvalue weighted by atomic mass is 10.0. The summed E-state index contributed by atoms with van der Waals surface area (Å²) in [6.45, 7) is 6.14. The third-order valence-corrected chi connectivity index (χ3v) is 10.0. The lowest BCUT2D eigenvalue weighted by Crippen LogP contribution is -2.46. The number of esters is 1. The highest BCUT2D eigenvalue weighted by atomic mass is 16.5. The van der Waals surface area contributed by atoms with E-state index in [1.54, 1.807) is 0 Å². The fraction of sp³-hybridized carbons (Fsp3) is 0.593. The number of aliphatic hydroxyl groups is 2. The van der Waals surface area contributed by atoms with Crippen molar-refractivity contribution in [3.63, 3.8) is 0 Å². The van der Waals surface area contributed by atoms with Gasteiger partial charge in [-0.2, -0.15) is 0 Å². The Morgan fingerprint density at radius 2 is 0.917 bits per heavy atom. The number of hydrogen-bond donors (Lipinski definition) is 3. The molecular weight excluding hydrogens is 743 g/mol. The Morgan fingerprint density at radius 1 is 0.500 bits per heavy atom. The zero-order chi connectivity index (χ0) is 43.8. The van der Waals surface area contributed by atoms with Gasteiger partial charge in [-0.25, -0.2) is 0 Å². The molecule has 0 aromatic rings. The molecule has 6 heteroatoms. The molecule has 0 fully saturated rings. The third-order valence-electron chi connectivity index (χ3n) is 10.0.